The molecule has 1 amide bonds. The highest BCUT2D eigenvalue weighted by Crippen LogP contribution is 2.17. The molecule has 0 saturated heterocycles. The lowest BCUT2D eigenvalue weighted by Crippen LogP contribution is -2.24. The van der Waals surface area contributed by atoms with Crippen molar-refractivity contribution in [3.8, 4) is 5.75 Å². The fraction of sp³-hybridized carbons (Fsp3) is 0.278. The summed E-state index contributed by atoms with van der Waals surface area (Å²) >= 11 is 0. The number of rotatable bonds is 8. The number of carbonyl (C=O) groups excluding carboxylic acids is 1. The second-order valence-corrected chi connectivity index (χ2v) is 7.78. The predicted molar refractivity (Wildman–Crippen MR) is 98.9 cm³/mol. The number of methoxy groups -OCH3 is 1. The molecule has 0 unspecified atom stereocenters. The molecule has 2 rings (SSSR count). The number of sulfonamides is 1. The van der Waals surface area contributed by atoms with Gasteiger partial charge in [-0.25, -0.2) is 8.42 Å². The summed E-state index contributed by atoms with van der Waals surface area (Å²) in [6, 6.07) is 10.8. The van der Waals surface area contributed by atoms with Crippen molar-refractivity contribution in [2.75, 3.05) is 20.4 Å². The van der Waals surface area contributed by atoms with Gasteiger partial charge in [-0.05, 0) is 24.3 Å². The van der Waals surface area contributed by atoms with Crippen LogP contribution in [0, 0.1) is 0 Å². The van der Waals surface area contributed by atoms with E-state index in [1.165, 1.54) is 23.5 Å². The van der Waals surface area contributed by atoms with Crippen molar-refractivity contribution in [1.82, 2.24) is 9.62 Å². The number of carbonyl (C=O) groups is 1. The number of hydrogen-bond acceptors (Lipinski definition) is 5. The molecule has 1 heterocycles. The van der Waals surface area contributed by atoms with E-state index in [0.717, 1.165) is 11.8 Å². The maximum atomic E-state index is 11.9. The van der Waals surface area contributed by atoms with Crippen LogP contribution in [0.15, 0.2) is 46.9 Å². The van der Waals surface area contributed by atoms with Crippen LogP contribution in [0.3, 0.4) is 0 Å². The molecule has 0 aliphatic carbocycles. The fourth-order valence-electron chi connectivity index (χ4n) is 2.15. The molecule has 1 N–H and O–H groups in total. The molecule has 26 heavy (non-hydrogen) atoms. The average Bonchev–Trinajstić information content (AvgIpc) is 3.05. The van der Waals surface area contributed by atoms with Crippen LogP contribution in [0.5, 0.6) is 5.75 Å². The minimum atomic E-state index is -3.28. The molecule has 0 spiro atoms. The Balaban J connectivity index is 1.90. The zero-order valence-corrected chi connectivity index (χ0v) is 15.7. The van der Waals surface area contributed by atoms with Gasteiger partial charge in [0.25, 0.3) is 0 Å². The van der Waals surface area contributed by atoms with Gasteiger partial charge in [0.15, 0.2) is 0 Å². The molecule has 0 fully saturated rings. The van der Waals surface area contributed by atoms with Crippen LogP contribution in [-0.4, -0.2) is 39.0 Å². The normalized spacial score (nSPS) is 11.8. The van der Waals surface area contributed by atoms with Crippen LogP contribution in [0.4, 0.5) is 0 Å². The minimum absolute atomic E-state index is 0.132. The topological polar surface area (TPSA) is 88.9 Å². The molecule has 1 aromatic carbocycles. The van der Waals surface area contributed by atoms with E-state index >= 15 is 0 Å². The molecule has 7 nitrogen and oxygen atoms in total. The van der Waals surface area contributed by atoms with Crippen LogP contribution in [0.2, 0.25) is 0 Å². The Hall–Kier alpha value is -2.58. The zero-order valence-electron chi connectivity index (χ0n) is 14.9. The average molecular weight is 378 g/mol. The van der Waals surface area contributed by atoms with Crippen LogP contribution in [-0.2, 0) is 27.9 Å². The van der Waals surface area contributed by atoms with E-state index in [4.69, 9.17) is 9.15 Å². The van der Waals surface area contributed by atoms with Gasteiger partial charge < -0.3 is 14.5 Å². The van der Waals surface area contributed by atoms with E-state index in [9.17, 15) is 13.2 Å². The molecule has 0 aliphatic rings. The number of nitrogens with one attached hydrogen (secondary N) is 1. The molecule has 8 heteroatoms. The Morgan fingerprint density at radius 3 is 2.69 bits per heavy atom. The number of nitrogens with zero attached hydrogens (tertiary/aromatic N) is 1. The van der Waals surface area contributed by atoms with Crippen molar-refractivity contribution < 1.29 is 22.4 Å². The van der Waals surface area contributed by atoms with Gasteiger partial charge in [-0.2, -0.15) is 4.31 Å². The lowest BCUT2D eigenvalue weighted by Gasteiger charge is -2.11. The number of benzene rings is 1. The van der Waals surface area contributed by atoms with Crippen molar-refractivity contribution in [2.24, 2.45) is 0 Å². The molecule has 0 aliphatic heterocycles. The molecule has 140 valence electrons. The van der Waals surface area contributed by atoms with Gasteiger partial charge in [0.2, 0.25) is 15.9 Å². The van der Waals surface area contributed by atoms with Gasteiger partial charge in [0, 0.05) is 25.2 Å². The molecule has 1 aromatic heterocycles. The van der Waals surface area contributed by atoms with Crippen LogP contribution < -0.4 is 10.1 Å². The first kappa shape index (κ1) is 19.7. The third-order valence-electron chi connectivity index (χ3n) is 3.67. The second-order valence-electron chi connectivity index (χ2n) is 5.69. The van der Waals surface area contributed by atoms with Crippen molar-refractivity contribution in [1.29, 1.82) is 0 Å². The highest BCUT2D eigenvalue weighted by atomic mass is 32.2. The van der Waals surface area contributed by atoms with Crippen LogP contribution >= 0.6 is 0 Å². The SMILES string of the molecule is COc1ccccc1CNC(=O)/C=C/c1ccc(CN(C)S(C)(=O)=O)o1. The molecular formula is C18H22N2O5S. The largest absolute Gasteiger partial charge is 0.496 e. The maximum Gasteiger partial charge on any atom is 0.244 e. The van der Waals surface area contributed by atoms with Crippen molar-refractivity contribution in [3.63, 3.8) is 0 Å². The number of ether oxygens (including phenoxy) is 1. The maximum absolute atomic E-state index is 11.9. The van der Waals surface area contributed by atoms with E-state index in [2.05, 4.69) is 5.32 Å². The number of amides is 1. The van der Waals surface area contributed by atoms with E-state index in [1.807, 2.05) is 24.3 Å². The Kier molecular flexibility index (Phi) is 6.59. The summed E-state index contributed by atoms with van der Waals surface area (Å²) < 4.78 is 34.7. The fourth-order valence-corrected chi connectivity index (χ4v) is 2.52. The summed E-state index contributed by atoms with van der Waals surface area (Å²) in [6.45, 7) is 0.475. The number of furan rings is 1. The lowest BCUT2D eigenvalue weighted by molar-refractivity contribution is -0.116. The number of para-hydroxylation sites is 1. The van der Waals surface area contributed by atoms with Gasteiger partial charge in [0.1, 0.15) is 17.3 Å². The molecule has 2 aromatic rings. The van der Waals surface area contributed by atoms with E-state index < -0.39 is 10.0 Å². The van der Waals surface area contributed by atoms with Gasteiger partial charge in [0.05, 0.1) is 19.9 Å². The molecular weight excluding hydrogens is 356 g/mol. The Morgan fingerprint density at radius 1 is 1.27 bits per heavy atom. The highest BCUT2D eigenvalue weighted by molar-refractivity contribution is 7.88. The van der Waals surface area contributed by atoms with Crippen molar-refractivity contribution >= 4 is 22.0 Å². The zero-order chi connectivity index (χ0) is 19.2. The monoisotopic (exact) mass is 378 g/mol. The quantitative estimate of drug-likeness (QED) is 0.710. The van der Waals surface area contributed by atoms with E-state index in [0.29, 0.717) is 23.8 Å². The Labute approximate surface area is 153 Å². The third-order valence-corrected chi connectivity index (χ3v) is 4.93. The summed E-state index contributed by atoms with van der Waals surface area (Å²) in [5, 5.41) is 2.77. The highest BCUT2D eigenvalue weighted by Gasteiger charge is 2.13. The Bertz CT molecular complexity index is 886. The summed E-state index contributed by atoms with van der Waals surface area (Å²) in [5.41, 5.74) is 0.876. The van der Waals surface area contributed by atoms with Gasteiger partial charge >= 0.3 is 0 Å². The van der Waals surface area contributed by atoms with Crippen LogP contribution in [0.25, 0.3) is 6.08 Å². The minimum Gasteiger partial charge on any atom is -0.496 e. The van der Waals surface area contributed by atoms with Crippen molar-refractivity contribution in [2.45, 2.75) is 13.1 Å². The summed E-state index contributed by atoms with van der Waals surface area (Å²) in [7, 11) is -0.226. The lowest BCUT2D eigenvalue weighted by atomic mass is 10.2. The molecule has 0 saturated carbocycles. The molecule has 0 radical (unpaired) electrons. The standard InChI is InChI=1S/C18H22N2O5S/c1-20(26(3,22)23)13-16-9-8-15(25-16)10-11-18(21)19-12-14-6-4-5-7-17(14)24-2/h4-11H,12-13H2,1-3H3,(H,19,21)/b11-10+. The number of hydrogen-bond donors (Lipinski definition) is 1. The van der Waals surface area contributed by atoms with Gasteiger partial charge in [-0.3, -0.25) is 4.79 Å². The molecule has 0 atom stereocenters. The van der Waals surface area contributed by atoms with Gasteiger partial charge in [-0.15, -0.1) is 0 Å². The van der Waals surface area contributed by atoms with Crippen LogP contribution in [0.1, 0.15) is 17.1 Å². The predicted octanol–water partition coefficient (Wildman–Crippen LogP) is 2.01. The summed E-state index contributed by atoms with van der Waals surface area (Å²) in [5.74, 6) is 1.39. The van der Waals surface area contributed by atoms with Gasteiger partial charge in [-0.1, -0.05) is 18.2 Å². The summed E-state index contributed by atoms with van der Waals surface area (Å²) in [4.78, 5) is 11.9. The summed E-state index contributed by atoms with van der Waals surface area (Å²) in [6.07, 6.45) is 4.02. The smallest absolute Gasteiger partial charge is 0.244 e. The first-order chi connectivity index (χ1) is 12.3. The third kappa shape index (κ3) is 5.75. The molecule has 0 bridgehead atoms. The second kappa shape index (κ2) is 8.68. The first-order valence-corrected chi connectivity index (χ1v) is 9.72. The van der Waals surface area contributed by atoms with E-state index in [-0.39, 0.29) is 12.5 Å². The van der Waals surface area contributed by atoms with E-state index in [1.54, 1.807) is 19.2 Å². The Morgan fingerprint density at radius 2 is 2.00 bits per heavy atom. The van der Waals surface area contributed by atoms with Crippen molar-refractivity contribution in [3.05, 3.63) is 59.6 Å². The first-order valence-electron chi connectivity index (χ1n) is 7.87.